The van der Waals surface area contributed by atoms with E-state index in [1.807, 2.05) is 108 Å². The number of carbonyl (C=O) groups is 3. The summed E-state index contributed by atoms with van der Waals surface area (Å²) in [4.78, 5) is 38.0. The summed E-state index contributed by atoms with van der Waals surface area (Å²) in [5, 5.41) is 5.48. The van der Waals surface area contributed by atoms with Crippen molar-refractivity contribution in [2.75, 3.05) is 27.4 Å². The number of nitrogens with one attached hydrogen (secondary N) is 2. The molecule has 330 valence electrons. The van der Waals surface area contributed by atoms with Crippen LogP contribution in [-0.4, -0.2) is 78.3 Å². The van der Waals surface area contributed by atoms with Gasteiger partial charge in [0.15, 0.2) is 8.32 Å². The Bertz CT molecular complexity index is 1590. The van der Waals surface area contributed by atoms with Gasteiger partial charge >= 0.3 is 5.97 Å². The van der Waals surface area contributed by atoms with Gasteiger partial charge in [-0.05, 0) is 83.5 Å². The van der Waals surface area contributed by atoms with Gasteiger partial charge < -0.3 is 29.3 Å². The van der Waals surface area contributed by atoms with Crippen molar-refractivity contribution in [2.45, 2.75) is 131 Å². The lowest BCUT2D eigenvalue weighted by Crippen LogP contribution is -2.50. The van der Waals surface area contributed by atoms with Gasteiger partial charge in [0, 0.05) is 32.3 Å². The predicted molar refractivity (Wildman–Crippen MR) is 249 cm³/mol. The molecular formula is C49H78N2O7Si. The molecule has 0 aliphatic carbocycles. The van der Waals surface area contributed by atoms with Crippen LogP contribution in [0.1, 0.15) is 88.5 Å². The number of allylic oxidation sites excluding steroid dienone is 11. The summed E-state index contributed by atoms with van der Waals surface area (Å²) < 4.78 is 23.6. The van der Waals surface area contributed by atoms with Crippen LogP contribution < -0.4 is 10.6 Å². The summed E-state index contributed by atoms with van der Waals surface area (Å²) in [5.74, 6) is -0.924. The van der Waals surface area contributed by atoms with E-state index in [0.717, 1.165) is 41.6 Å². The first-order chi connectivity index (χ1) is 27.7. The Kier molecular flexibility index (Phi) is 27.2. The van der Waals surface area contributed by atoms with E-state index >= 15 is 0 Å². The van der Waals surface area contributed by atoms with Crippen LogP contribution in [0.5, 0.6) is 0 Å². The Morgan fingerprint density at radius 2 is 1.51 bits per heavy atom. The second-order valence-corrected chi connectivity index (χ2v) is 21.6. The van der Waals surface area contributed by atoms with Crippen LogP contribution in [0.2, 0.25) is 18.1 Å². The molecule has 0 fully saturated rings. The van der Waals surface area contributed by atoms with Gasteiger partial charge in [-0.2, -0.15) is 0 Å². The fourth-order valence-electron chi connectivity index (χ4n) is 5.34. The third kappa shape index (κ3) is 23.3. The van der Waals surface area contributed by atoms with Gasteiger partial charge in [-0.15, -0.1) is 6.58 Å². The maximum absolute atomic E-state index is 13.6. The summed E-state index contributed by atoms with van der Waals surface area (Å²) in [6, 6.07) is -0.810. The maximum Gasteiger partial charge on any atom is 0.334 e. The van der Waals surface area contributed by atoms with E-state index in [9.17, 15) is 14.4 Å². The number of methoxy groups -OCH3 is 2. The highest BCUT2D eigenvalue weighted by Crippen LogP contribution is 2.36. The van der Waals surface area contributed by atoms with Crippen molar-refractivity contribution >= 4 is 26.6 Å². The predicted octanol–water partition coefficient (Wildman–Crippen LogP) is 10.4. The monoisotopic (exact) mass is 835 g/mol. The van der Waals surface area contributed by atoms with Crippen molar-refractivity contribution in [3.05, 3.63) is 120 Å². The maximum atomic E-state index is 13.6. The molecule has 2 amide bonds. The number of hydrogen-bond acceptors (Lipinski definition) is 7. The zero-order valence-corrected chi connectivity index (χ0v) is 39.9. The molecule has 59 heavy (non-hydrogen) atoms. The summed E-state index contributed by atoms with van der Waals surface area (Å²) in [5.41, 5.74) is 4.41. The standard InChI is InChI=1S/C49H78N2O7Si/c1-17-22-44(56-14)32-38(5)28-27-37(4)31-42(9)48(54)58-46(40(7)24-19-20-25-43(55-13)26-21-23-36(3)18-2)41(8)30-29-39(6)33-50-47(53)45(51-35-52)34-57-59(15,16)49(10,11)12/h17-20,23-25,27-32,35,37,40,43-46H,1-2,21-22,26,33-34H2,3-16H3,(H,50,53)(H,51,52)/b24-19+,25-20+,28-27+,36-23-,38-32+,39-29+,41-30+,42-31+/t37-,40+,43-,44+,45+,46+/m1/s1. The fourth-order valence-corrected chi connectivity index (χ4v) is 6.35. The van der Waals surface area contributed by atoms with Crippen molar-refractivity contribution in [3.63, 3.8) is 0 Å². The highest BCUT2D eigenvalue weighted by Gasteiger charge is 2.38. The van der Waals surface area contributed by atoms with Crippen LogP contribution >= 0.6 is 0 Å². The number of esters is 1. The minimum Gasteiger partial charge on any atom is -0.454 e. The molecule has 0 aliphatic rings. The topological polar surface area (TPSA) is 112 Å². The van der Waals surface area contributed by atoms with Gasteiger partial charge in [0.05, 0.1) is 18.8 Å². The van der Waals surface area contributed by atoms with Crippen LogP contribution in [-0.2, 0) is 33.0 Å². The molecule has 0 saturated carbocycles. The largest absolute Gasteiger partial charge is 0.454 e. The third-order valence-electron chi connectivity index (χ3n) is 10.4. The zero-order valence-electron chi connectivity index (χ0n) is 38.9. The van der Waals surface area contributed by atoms with Crippen molar-refractivity contribution < 1.29 is 33.0 Å². The van der Waals surface area contributed by atoms with E-state index in [0.29, 0.717) is 12.0 Å². The first kappa shape index (κ1) is 54.9. The Balaban J connectivity index is 6.24. The second-order valence-electron chi connectivity index (χ2n) is 16.8. The zero-order chi connectivity index (χ0) is 45.2. The third-order valence-corrected chi connectivity index (χ3v) is 14.9. The minimum atomic E-state index is -2.13. The number of amides is 2. The molecule has 0 heterocycles. The van der Waals surface area contributed by atoms with Crippen molar-refractivity contribution in [1.29, 1.82) is 0 Å². The van der Waals surface area contributed by atoms with Gasteiger partial charge in [-0.3, -0.25) is 9.59 Å². The van der Waals surface area contributed by atoms with Gasteiger partial charge in [0.2, 0.25) is 12.3 Å². The van der Waals surface area contributed by atoms with Gasteiger partial charge in [-0.1, -0.05) is 137 Å². The highest BCUT2D eigenvalue weighted by molar-refractivity contribution is 6.74. The van der Waals surface area contributed by atoms with Gasteiger partial charge in [0.25, 0.3) is 0 Å². The first-order valence-electron chi connectivity index (χ1n) is 20.7. The first-order valence-corrected chi connectivity index (χ1v) is 23.6. The van der Waals surface area contributed by atoms with Crippen molar-refractivity contribution in [2.24, 2.45) is 11.8 Å². The number of rotatable bonds is 28. The smallest absolute Gasteiger partial charge is 0.334 e. The van der Waals surface area contributed by atoms with Crippen molar-refractivity contribution in [3.8, 4) is 0 Å². The minimum absolute atomic E-state index is 0.0190. The van der Waals surface area contributed by atoms with Crippen LogP contribution in [0.4, 0.5) is 0 Å². The number of hydrogen-bond donors (Lipinski definition) is 2. The van der Waals surface area contributed by atoms with E-state index in [1.54, 1.807) is 21.1 Å². The van der Waals surface area contributed by atoms with Gasteiger partial charge in [-0.25, -0.2) is 4.79 Å². The molecule has 0 aromatic carbocycles. The molecule has 0 unspecified atom stereocenters. The highest BCUT2D eigenvalue weighted by atomic mass is 28.4. The van der Waals surface area contributed by atoms with Crippen LogP contribution in [0.3, 0.4) is 0 Å². The summed E-state index contributed by atoms with van der Waals surface area (Å²) in [7, 11) is 1.25. The van der Waals surface area contributed by atoms with Crippen molar-refractivity contribution in [1.82, 2.24) is 10.6 Å². The lowest BCUT2D eigenvalue weighted by Gasteiger charge is -2.37. The average Bonchev–Trinajstić information content (AvgIpc) is 3.18. The molecule has 6 atom stereocenters. The van der Waals surface area contributed by atoms with Crippen LogP contribution in [0.15, 0.2) is 120 Å². The second kappa shape index (κ2) is 29.2. The Hall–Kier alpha value is -4.09. The van der Waals surface area contributed by atoms with Crippen LogP contribution in [0, 0.1) is 11.8 Å². The summed E-state index contributed by atoms with van der Waals surface area (Å²) in [6.07, 6.45) is 27.9. The fraction of sp³-hybridized carbons (Fsp3) is 0.531. The summed E-state index contributed by atoms with van der Waals surface area (Å²) in [6.45, 7) is 32.2. The molecule has 0 spiro atoms. The lowest BCUT2D eigenvalue weighted by atomic mass is 9.96. The molecule has 0 aromatic heterocycles. The Labute approximate surface area is 359 Å². The van der Waals surface area contributed by atoms with Crippen LogP contribution in [0.25, 0.3) is 0 Å². The number of ether oxygens (including phenoxy) is 3. The normalized spacial score (nSPS) is 17.1. The molecule has 0 rings (SSSR count). The molecular weight excluding hydrogens is 757 g/mol. The molecule has 0 aliphatic heterocycles. The molecule has 2 N–H and O–H groups in total. The molecule has 10 heteroatoms. The molecule has 0 aromatic rings. The molecule has 9 nitrogen and oxygen atoms in total. The van der Waals surface area contributed by atoms with E-state index in [-0.39, 0.29) is 48.1 Å². The van der Waals surface area contributed by atoms with E-state index in [2.05, 4.69) is 69.8 Å². The van der Waals surface area contributed by atoms with E-state index in [4.69, 9.17) is 18.6 Å². The average molecular weight is 835 g/mol. The van der Waals surface area contributed by atoms with E-state index in [1.165, 1.54) is 0 Å². The lowest BCUT2D eigenvalue weighted by molar-refractivity contribution is -0.144. The molecule has 0 bridgehead atoms. The molecule has 0 saturated heterocycles. The summed E-state index contributed by atoms with van der Waals surface area (Å²) >= 11 is 0. The Morgan fingerprint density at radius 1 is 0.864 bits per heavy atom. The molecule has 0 radical (unpaired) electrons. The quantitative estimate of drug-likeness (QED) is 0.0202. The SMILES string of the molecule is C=CC[C@@H](/C=C(C)/C=C/[C@@H](C)/C=C(\C)C(=O)O[C@H](/C(C)=C/C=C(\C)CNC(=O)[C@H](CO[Si](C)(C)C(C)(C)C)NC=O)[C@@H](C)/C=C/C=C/[C@H](CC/C=C(/C)C=C)OC)OC. The van der Waals surface area contributed by atoms with E-state index < -0.39 is 26.4 Å². The Morgan fingerprint density at radius 3 is 2.08 bits per heavy atom. The van der Waals surface area contributed by atoms with Gasteiger partial charge in [0.1, 0.15) is 12.1 Å². The number of carbonyl (C=O) groups excluding carboxylic acids is 3.